The molecule has 0 saturated heterocycles. The van der Waals surface area contributed by atoms with Crippen LogP contribution in [0.2, 0.25) is 0 Å². The molecule has 6 heteroatoms. The molecule has 6 nitrogen and oxygen atoms in total. The van der Waals surface area contributed by atoms with Gasteiger partial charge in [0.1, 0.15) is 17.3 Å². The number of amides is 1. The second-order valence-electron chi connectivity index (χ2n) is 6.79. The first kappa shape index (κ1) is 19.0. The SMILES string of the molecule is COc1ccc(OC)c(NC(=O)c2ccc(NC3CCCCCC3)nc2)c1. The molecule has 1 aromatic heterocycles. The smallest absolute Gasteiger partial charge is 0.257 e. The second-order valence-corrected chi connectivity index (χ2v) is 6.79. The quantitative estimate of drug-likeness (QED) is 0.734. The number of ether oxygens (including phenoxy) is 2. The summed E-state index contributed by atoms with van der Waals surface area (Å²) in [5, 5.41) is 6.35. The van der Waals surface area contributed by atoms with Crippen LogP contribution in [0.3, 0.4) is 0 Å². The van der Waals surface area contributed by atoms with Crippen molar-refractivity contribution in [1.29, 1.82) is 0 Å². The predicted molar refractivity (Wildman–Crippen MR) is 107 cm³/mol. The number of rotatable bonds is 6. The fourth-order valence-corrected chi connectivity index (χ4v) is 3.35. The topological polar surface area (TPSA) is 72.5 Å². The van der Waals surface area contributed by atoms with E-state index in [2.05, 4.69) is 15.6 Å². The number of aromatic nitrogens is 1. The summed E-state index contributed by atoms with van der Waals surface area (Å²) < 4.78 is 10.5. The van der Waals surface area contributed by atoms with Crippen LogP contribution < -0.4 is 20.1 Å². The van der Waals surface area contributed by atoms with Crippen molar-refractivity contribution in [2.75, 3.05) is 24.9 Å². The minimum absolute atomic E-state index is 0.241. The molecule has 2 N–H and O–H groups in total. The number of benzene rings is 1. The van der Waals surface area contributed by atoms with E-state index < -0.39 is 0 Å². The van der Waals surface area contributed by atoms with Gasteiger partial charge in [-0.15, -0.1) is 0 Å². The average molecular weight is 369 g/mol. The van der Waals surface area contributed by atoms with E-state index in [0.717, 1.165) is 5.82 Å². The predicted octanol–water partition coefficient (Wildman–Crippen LogP) is 4.49. The van der Waals surface area contributed by atoms with Crippen LogP contribution in [0, 0.1) is 0 Å². The normalized spacial score (nSPS) is 14.9. The van der Waals surface area contributed by atoms with Crippen LogP contribution in [0.5, 0.6) is 11.5 Å². The monoisotopic (exact) mass is 369 g/mol. The number of nitrogens with zero attached hydrogens (tertiary/aromatic N) is 1. The van der Waals surface area contributed by atoms with Crippen molar-refractivity contribution < 1.29 is 14.3 Å². The summed E-state index contributed by atoms with van der Waals surface area (Å²) in [6.45, 7) is 0. The molecule has 144 valence electrons. The van der Waals surface area contributed by atoms with Gasteiger partial charge in [0.25, 0.3) is 5.91 Å². The van der Waals surface area contributed by atoms with Crippen LogP contribution in [0.15, 0.2) is 36.5 Å². The molecule has 0 bridgehead atoms. The van der Waals surface area contributed by atoms with Crippen molar-refractivity contribution in [3.05, 3.63) is 42.1 Å². The standard InChI is InChI=1S/C21H27N3O3/c1-26-17-10-11-19(27-2)18(13-17)24-21(25)15-9-12-20(22-14-15)23-16-7-5-3-4-6-8-16/h9-14,16H,3-8H2,1-2H3,(H,22,23)(H,24,25). The van der Waals surface area contributed by atoms with Gasteiger partial charge in [-0.25, -0.2) is 4.98 Å². The van der Waals surface area contributed by atoms with Crippen molar-refractivity contribution >= 4 is 17.4 Å². The Hall–Kier alpha value is -2.76. The van der Waals surface area contributed by atoms with E-state index in [4.69, 9.17) is 9.47 Å². The fourth-order valence-electron chi connectivity index (χ4n) is 3.35. The third-order valence-electron chi connectivity index (χ3n) is 4.89. The van der Waals surface area contributed by atoms with E-state index in [1.165, 1.54) is 38.5 Å². The molecule has 0 atom stereocenters. The minimum atomic E-state index is -0.241. The molecule has 1 aliphatic carbocycles. The lowest BCUT2D eigenvalue weighted by atomic mass is 10.1. The number of pyridine rings is 1. The van der Waals surface area contributed by atoms with Crippen LogP contribution in [0.4, 0.5) is 11.5 Å². The van der Waals surface area contributed by atoms with Crippen molar-refractivity contribution in [1.82, 2.24) is 4.98 Å². The zero-order valence-electron chi connectivity index (χ0n) is 16.0. The maximum Gasteiger partial charge on any atom is 0.257 e. The number of methoxy groups -OCH3 is 2. The Balaban J connectivity index is 1.65. The Morgan fingerprint density at radius 1 is 1.04 bits per heavy atom. The van der Waals surface area contributed by atoms with Gasteiger partial charge in [0.15, 0.2) is 0 Å². The Kier molecular flexibility index (Phi) is 6.52. The molecule has 0 spiro atoms. The van der Waals surface area contributed by atoms with Gasteiger partial charge in [-0.2, -0.15) is 0 Å². The molecule has 1 fully saturated rings. The van der Waals surface area contributed by atoms with Gasteiger partial charge in [-0.05, 0) is 37.1 Å². The van der Waals surface area contributed by atoms with Gasteiger partial charge in [-0.1, -0.05) is 25.7 Å². The van der Waals surface area contributed by atoms with Crippen LogP contribution >= 0.6 is 0 Å². The highest BCUT2D eigenvalue weighted by Crippen LogP contribution is 2.29. The summed E-state index contributed by atoms with van der Waals surface area (Å²) in [4.78, 5) is 17.0. The molecule has 1 amide bonds. The number of carbonyl (C=O) groups excluding carboxylic acids is 1. The molecular weight excluding hydrogens is 342 g/mol. The summed E-state index contributed by atoms with van der Waals surface area (Å²) in [6, 6.07) is 9.39. The summed E-state index contributed by atoms with van der Waals surface area (Å²) in [5.74, 6) is 1.79. The molecule has 1 aromatic carbocycles. The Morgan fingerprint density at radius 3 is 2.44 bits per heavy atom. The van der Waals surface area contributed by atoms with E-state index in [1.807, 2.05) is 6.07 Å². The second kappa shape index (κ2) is 9.26. The molecule has 0 radical (unpaired) electrons. The van der Waals surface area contributed by atoms with Gasteiger partial charge >= 0.3 is 0 Å². The van der Waals surface area contributed by atoms with E-state index in [-0.39, 0.29) is 5.91 Å². The lowest BCUT2D eigenvalue weighted by molar-refractivity contribution is 0.102. The lowest BCUT2D eigenvalue weighted by Gasteiger charge is -2.17. The third kappa shape index (κ3) is 5.12. The van der Waals surface area contributed by atoms with Crippen LogP contribution in [-0.4, -0.2) is 31.2 Å². The van der Waals surface area contributed by atoms with Gasteiger partial charge in [0, 0.05) is 18.3 Å². The van der Waals surface area contributed by atoms with Gasteiger partial charge in [-0.3, -0.25) is 4.79 Å². The molecule has 3 rings (SSSR count). The summed E-state index contributed by atoms with van der Waals surface area (Å²) in [7, 11) is 3.14. The highest BCUT2D eigenvalue weighted by atomic mass is 16.5. The van der Waals surface area contributed by atoms with Crippen LogP contribution in [0.25, 0.3) is 0 Å². The number of carbonyl (C=O) groups is 1. The van der Waals surface area contributed by atoms with Crippen molar-refractivity contribution in [3.8, 4) is 11.5 Å². The minimum Gasteiger partial charge on any atom is -0.497 e. The molecular formula is C21H27N3O3. The number of nitrogens with one attached hydrogen (secondary N) is 2. The molecule has 1 heterocycles. The van der Waals surface area contributed by atoms with Crippen molar-refractivity contribution in [3.63, 3.8) is 0 Å². The van der Waals surface area contributed by atoms with E-state index >= 15 is 0 Å². The van der Waals surface area contributed by atoms with Crippen LogP contribution in [0.1, 0.15) is 48.9 Å². The van der Waals surface area contributed by atoms with E-state index in [0.29, 0.717) is 28.8 Å². The molecule has 2 aromatic rings. The summed E-state index contributed by atoms with van der Waals surface area (Å²) in [6.07, 6.45) is 9.12. The van der Waals surface area contributed by atoms with Crippen molar-refractivity contribution in [2.45, 2.75) is 44.6 Å². The Bertz CT molecular complexity index is 754. The average Bonchev–Trinajstić information content (AvgIpc) is 2.97. The molecule has 27 heavy (non-hydrogen) atoms. The molecule has 0 unspecified atom stereocenters. The fraction of sp³-hybridized carbons (Fsp3) is 0.429. The van der Waals surface area contributed by atoms with Gasteiger partial charge in [0.2, 0.25) is 0 Å². The molecule has 0 aliphatic heterocycles. The number of hydrogen-bond acceptors (Lipinski definition) is 5. The van der Waals surface area contributed by atoms with Crippen LogP contribution in [-0.2, 0) is 0 Å². The third-order valence-corrected chi connectivity index (χ3v) is 4.89. The maximum atomic E-state index is 12.6. The largest absolute Gasteiger partial charge is 0.497 e. The summed E-state index contributed by atoms with van der Waals surface area (Å²) in [5.41, 5.74) is 1.05. The first-order chi connectivity index (χ1) is 13.2. The zero-order chi connectivity index (χ0) is 19.1. The van der Waals surface area contributed by atoms with Gasteiger partial charge in [0.05, 0.1) is 25.5 Å². The van der Waals surface area contributed by atoms with E-state index in [1.54, 1.807) is 44.7 Å². The van der Waals surface area contributed by atoms with Crippen molar-refractivity contribution in [2.24, 2.45) is 0 Å². The lowest BCUT2D eigenvalue weighted by Crippen LogP contribution is -2.19. The summed E-state index contributed by atoms with van der Waals surface area (Å²) >= 11 is 0. The Labute approximate surface area is 160 Å². The van der Waals surface area contributed by atoms with E-state index in [9.17, 15) is 4.79 Å². The highest BCUT2D eigenvalue weighted by Gasteiger charge is 2.14. The maximum absolute atomic E-state index is 12.6. The molecule has 1 aliphatic rings. The zero-order valence-corrected chi connectivity index (χ0v) is 16.0. The highest BCUT2D eigenvalue weighted by molar-refractivity contribution is 6.05. The molecule has 1 saturated carbocycles. The number of hydrogen-bond donors (Lipinski definition) is 2. The number of anilines is 2. The Morgan fingerprint density at radius 2 is 1.81 bits per heavy atom. The first-order valence-corrected chi connectivity index (χ1v) is 9.45. The van der Waals surface area contributed by atoms with Gasteiger partial charge < -0.3 is 20.1 Å². The first-order valence-electron chi connectivity index (χ1n) is 9.45.